The second-order valence-corrected chi connectivity index (χ2v) is 4.95. The minimum atomic E-state index is -0.723. The average Bonchev–Trinajstić information content (AvgIpc) is 2.14. The van der Waals surface area contributed by atoms with Gasteiger partial charge >= 0.3 is 0 Å². The van der Waals surface area contributed by atoms with Crippen LogP contribution in [0.1, 0.15) is 27.2 Å². The van der Waals surface area contributed by atoms with Gasteiger partial charge in [-0.25, -0.2) is 0 Å². The summed E-state index contributed by atoms with van der Waals surface area (Å²) in [5.41, 5.74) is 5.08. The summed E-state index contributed by atoms with van der Waals surface area (Å²) in [7, 11) is 0. The lowest BCUT2D eigenvalue weighted by Crippen LogP contribution is -2.51. The number of rotatable bonds is 6. The molecule has 0 spiro atoms. The smallest absolute Gasteiger partial charge is 0.239 e. The van der Waals surface area contributed by atoms with Gasteiger partial charge in [-0.05, 0) is 31.3 Å². The molecule has 3 nitrogen and oxygen atoms in total. The van der Waals surface area contributed by atoms with Gasteiger partial charge in [-0.1, -0.05) is 13.8 Å². The van der Waals surface area contributed by atoms with Gasteiger partial charge in [0.15, 0.2) is 0 Å². The molecule has 0 saturated heterocycles. The number of hydrogen-bond donors (Lipinski definition) is 2. The van der Waals surface area contributed by atoms with Crippen LogP contribution < -0.4 is 11.1 Å². The van der Waals surface area contributed by atoms with Crippen molar-refractivity contribution >= 4 is 17.7 Å². The molecule has 0 radical (unpaired) electrons. The fourth-order valence-corrected chi connectivity index (χ4v) is 1.66. The molecular formula is C10H22N2OS. The lowest BCUT2D eigenvalue weighted by molar-refractivity contribution is -0.126. The van der Waals surface area contributed by atoms with Crippen molar-refractivity contribution in [3.8, 4) is 0 Å². The molecule has 0 aromatic heterocycles. The summed E-state index contributed by atoms with van der Waals surface area (Å²) in [6.07, 6.45) is 2.73. The van der Waals surface area contributed by atoms with E-state index in [0.717, 1.165) is 5.75 Å². The van der Waals surface area contributed by atoms with Crippen LogP contribution in [0.25, 0.3) is 0 Å². The number of nitrogens with one attached hydrogen (secondary N) is 1. The SMILES string of the molecule is CCC(C)(N)C(=O)NCC(C)CSC. The van der Waals surface area contributed by atoms with E-state index in [2.05, 4.69) is 18.5 Å². The molecule has 0 aliphatic carbocycles. The van der Waals surface area contributed by atoms with Crippen LogP contribution in [0.4, 0.5) is 0 Å². The van der Waals surface area contributed by atoms with Gasteiger partial charge < -0.3 is 11.1 Å². The number of thioether (sulfide) groups is 1. The van der Waals surface area contributed by atoms with Crippen LogP contribution in [0.3, 0.4) is 0 Å². The van der Waals surface area contributed by atoms with Crippen molar-refractivity contribution < 1.29 is 4.79 Å². The molecule has 0 rings (SSSR count). The van der Waals surface area contributed by atoms with Crippen LogP contribution in [0.2, 0.25) is 0 Å². The monoisotopic (exact) mass is 218 g/mol. The molecule has 1 amide bonds. The van der Waals surface area contributed by atoms with E-state index in [1.54, 1.807) is 18.7 Å². The normalized spacial score (nSPS) is 17.2. The van der Waals surface area contributed by atoms with E-state index >= 15 is 0 Å². The summed E-state index contributed by atoms with van der Waals surface area (Å²) >= 11 is 1.79. The number of carbonyl (C=O) groups is 1. The van der Waals surface area contributed by atoms with E-state index < -0.39 is 5.54 Å². The maximum atomic E-state index is 11.6. The summed E-state index contributed by atoms with van der Waals surface area (Å²) in [6, 6.07) is 0. The van der Waals surface area contributed by atoms with Crippen molar-refractivity contribution in [2.24, 2.45) is 11.7 Å². The zero-order chi connectivity index (χ0) is 11.2. The largest absolute Gasteiger partial charge is 0.354 e. The third-order valence-corrected chi connectivity index (χ3v) is 3.22. The maximum absolute atomic E-state index is 11.6. The Morgan fingerprint density at radius 2 is 2.21 bits per heavy atom. The molecule has 0 aliphatic heterocycles. The Hall–Kier alpha value is -0.220. The number of carbonyl (C=O) groups excluding carboxylic acids is 1. The van der Waals surface area contributed by atoms with Gasteiger partial charge in [0.05, 0.1) is 5.54 Å². The molecule has 0 aromatic carbocycles. The molecule has 14 heavy (non-hydrogen) atoms. The van der Waals surface area contributed by atoms with Gasteiger partial charge in [-0.2, -0.15) is 11.8 Å². The molecular weight excluding hydrogens is 196 g/mol. The molecule has 3 N–H and O–H groups in total. The molecule has 0 aliphatic rings. The lowest BCUT2D eigenvalue weighted by atomic mass is 9.99. The van der Waals surface area contributed by atoms with Crippen molar-refractivity contribution in [1.82, 2.24) is 5.32 Å². The highest BCUT2D eigenvalue weighted by molar-refractivity contribution is 7.98. The second-order valence-electron chi connectivity index (χ2n) is 4.04. The molecule has 84 valence electrons. The zero-order valence-corrected chi connectivity index (χ0v) is 10.4. The van der Waals surface area contributed by atoms with E-state index in [4.69, 9.17) is 5.73 Å². The zero-order valence-electron chi connectivity index (χ0n) is 9.59. The quantitative estimate of drug-likeness (QED) is 0.705. The number of amides is 1. The second kappa shape index (κ2) is 6.30. The van der Waals surface area contributed by atoms with Crippen LogP contribution in [0.5, 0.6) is 0 Å². The minimum Gasteiger partial charge on any atom is -0.354 e. The molecule has 4 heteroatoms. The van der Waals surface area contributed by atoms with Crippen LogP contribution in [0.15, 0.2) is 0 Å². The first-order valence-corrected chi connectivity index (χ1v) is 6.39. The van der Waals surface area contributed by atoms with Gasteiger partial charge in [0.25, 0.3) is 0 Å². The summed E-state index contributed by atoms with van der Waals surface area (Å²) in [5, 5.41) is 2.88. The van der Waals surface area contributed by atoms with Crippen molar-refractivity contribution in [3.63, 3.8) is 0 Å². The Labute approximate surface area is 91.2 Å². The Balaban J connectivity index is 3.85. The first-order chi connectivity index (χ1) is 6.44. The van der Waals surface area contributed by atoms with Gasteiger partial charge in [-0.3, -0.25) is 4.79 Å². The topological polar surface area (TPSA) is 55.1 Å². The standard InChI is InChI=1S/C10H22N2OS/c1-5-10(3,11)9(13)12-6-8(2)7-14-4/h8H,5-7,11H2,1-4H3,(H,12,13). The first-order valence-electron chi connectivity index (χ1n) is 5.00. The number of hydrogen-bond acceptors (Lipinski definition) is 3. The van der Waals surface area contributed by atoms with Crippen LogP contribution >= 0.6 is 11.8 Å². The predicted molar refractivity (Wildman–Crippen MR) is 63.4 cm³/mol. The van der Waals surface area contributed by atoms with Crippen LogP contribution in [0, 0.1) is 5.92 Å². The molecule has 0 bridgehead atoms. The van der Waals surface area contributed by atoms with E-state index in [1.165, 1.54) is 0 Å². The van der Waals surface area contributed by atoms with E-state index in [1.807, 2.05) is 6.92 Å². The van der Waals surface area contributed by atoms with Gasteiger partial charge in [0.2, 0.25) is 5.91 Å². The van der Waals surface area contributed by atoms with Crippen LogP contribution in [-0.2, 0) is 4.79 Å². The van der Waals surface area contributed by atoms with Crippen molar-refractivity contribution in [3.05, 3.63) is 0 Å². The Bertz CT molecular complexity index is 183. The molecule has 0 heterocycles. The van der Waals surface area contributed by atoms with E-state index in [-0.39, 0.29) is 5.91 Å². The molecule has 0 aromatic rings. The highest BCUT2D eigenvalue weighted by Gasteiger charge is 2.25. The Kier molecular flexibility index (Phi) is 6.20. The predicted octanol–water partition coefficient (Wildman–Crippen LogP) is 1.23. The Morgan fingerprint density at radius 3 is 2.64 bits per heavy atom. The van der Waals surface area contributed by atoms with Crippen molar-refractivity contribution in [1.29, 1.82) is 0 Å². The van der Waals surface area contributed by atoms with E-state index in [9.17, 15) is 4.79 Å². The highest BCUT2D eigenvalue weighted by Crippen LogP contribution is 2.06. The fraction of sp³-hybridized carbons (Fsp3) is 0.900. The number of nitrogens with two attached hydrogens (primary N) is 1. The van der Waals surface area contributed by atoms with Gasteiger partial charge in [0.1, 0.15) is 0 Å². The first kappa shape index (κ1) is 13.8. The maximum Gasteiger partial charge on any atom is 0.239 e. The van der Waals surface area contributed by atoms with Crippen LogP contribution in [-0.4, -0.2) is 30.0 Å². The summed E-state index contributed by atoms with van der Waals surface area (Å²) < 4.78 is 0. The molecule has 2 atom stereocenters. The summed E-state index contributed by atoms with van der Waals surface area (Å²) in [4.78, 5) is 11.6. The fourth-order valence-electron chi connectivity index (χ4n) is 0.973. The van der Waals surface area contributed by atoms with Gasteiger partial charge in [-0.15, -0.1) is 0 Å². The van der Waals surface area contributed by atoms with Crippen molar-refractivity contribution in [2.75, 3.05) is 18.6 Å². The van der Waals surface area contributed by atoms with E-state index in [0.29, 0.717) is 18.9 Å². The lowest BCUT2D eigenvalue weighted by Gasteiger charge is -2.22. The molecule has 0 fully saturated rings. The molecule has 0 saturated carbocycles. The summed E-state index contributed by atoms with van der Waals surface area (Å²) in [5.74, 6) is 1.52. The third-order valence-electron chi connectivity index (χ3n) is 2.32. The van der Waals surface area contributed by atoms with Gasteiger partial charge in [0, 0.05) is 6.54 Å². The van der Waals surface area contributed by atoms with Crippen molar-refractivity contribution in [2.45, 2.75) is 32.7 Å². The summed E-state index contributed by atoms with van der Waals surface area (Å²) in [6.45, 7) is 6.52. The highest BCUT2D eigenvalue weighted by atomic mass is 32.2. The Morgan fingerprint density at radius 1 is 1.64 bits per heavy atom. The average molecular weight is 218 g/mol. The minimum absolute atomic E-state index is 0.0482. The molecule has 2 unspecified atom stereocenters. The third kappa shape index (κ3) is 4.86.